The fraction of sp³-hybridized carbons (Fsp3) is 0.133. The van der Waals surface area contributed by atoms with Crippen LogP contribution in [0, 0.1) is 0 Å². The highest BCUT2D eigenvalue weighted by Crippen LogP contribution is 2.24. The lowest BCUT2D eigenvalue weighted by atomic mass is 10.2. The molecule has 0 fully saturated rings. The molecule has 0 atom stereocenters. The standard InChI is InChI=1S/C15H12N2O3S2/c18-13-6-11(7-21-9-14(19)20)16-15-17(13)12(8-22-15)10-4-2-1-3-5-10/h1-6,8H,7,9H2,(H,19,20). The number of rotatable bonds is 5. The SMILES string of the molecule is O=C(O)CSCc1cc(=O)n2c(-c3ccccc3)csc2n1. The van der Waals surface area contributed by atoms with Gasteiger partial charge in [0.2, 0.25) is 0 Å². The lowest BCUT2D eigenvalue weighted by Gasteiger charge is -2.03. The molecule has 1 aromatic carbocycles. The second kappa shape index (κ2) is 6.33. The monoisotopic (exact) mass is 332 g/mol. The van der Waals surface area contributed by atoms with Crippen molar-refractivity contribution in [3.63, 3.8) is 0 Å². The average Bonchev–Trinajstić information content (AvgIpc) is 2.92. The van der Waals surface area contributed by atoms with E-state index in [0.29, 0.717) is 16.4 Å². The zero-order valence-corrected chi connectivity index (χ0v) is 13.1. The molecule has 3 aromatic rings. The first kappa shape index (κ1) is 14.8. The summed E-state index contributed by atoms with van der Waals surface area (Å²) in [6, 6.07) is 11.1. The normalized spacial score (nSPS) is 10.9. The Bertz CT molecular complexity index is 871. The Hall–Kier alpha value is -2.12. The second-order valence-electron chi connectivity index (χ2n) is 4.58. The third-order valence-corrected chi connectivity index (χ3v) is 4.78. The summed E-state index contributed by atoms with van der Waals surface area (Å²) < 4.78 is 1.59. The Morgan fingerprint density at radius 1 is 1.32 bits per heavy atom. The number of thiazole rings is 1. The smallest absolute Gasteiger partial charge is 0.313 e. The van der Waals surface area contributed by atoms with Gasteiger partial charge in [0.25, 0.3) is 5.56 Å². The average molecular weight is 332 g/mol. The number of carboxylic acid groups (broad SMARTS) is 1. The third kappa shape index (κ3) is 3.05. The zero-order valence-electron chi connectivity index (χ0n) is 11.4. The van der Waals surface area contributed by atoms with Gasteiger partial charge >= 0.3 is 5.97 Å². The van der Waals surface area contributed by atoms with E-state index in [1.165, 1.54) is 29.2 Å². The Balaban J connectivity index is 1.96. The second-order valence-corrected chi connectivity index (χ2v) is 6.40. The van der Waals surface area contributed by atoms with E-state index in [4.69, 9.17) is 5.11 Å². The van der Waals surface area contributed by atoms with Gasteiger partial charge in [-0.25, -0.2) is 4.98 Å². The van der Waals surface area contributed by atoms with Crippen molar-refractivity contribution in [1.29, 1.82) is 0 Å². The molecule has 0 aliphatic heterocycles. The Labute approximate surface area is 134 Å². The number of hydrogen-bond donors (Lipinski definition) is 1. The molecular weight excluding hydrogens is 320 g/mol. The van der Waals surface area contributed by atoms with E-state index in [9.17, 15) is 9.59 Å². The van der Waals surface area contributed by atoms with E-state index in [2.05, 4.69) is 4.98 Å². The summed E-state index contributed by atoms with van der Waals surface area (Å²) in [6.07, 6.45) is 0. The number of benzene rings is 1. The molecule has 7 heteroatoms. The number of hydrogen-bond acceptors (Lipinski definition) is 5. The van der Waals surface area contributed by atoms with Crippen molar-refractivity contribution in [1.82, 2.24) is 9.38 Å². The van der Waals surface area contributed by atoms with Crippen LogP contribution in [0.2, 0.25) is 0 Å². The molecular formula is C15H12N2O3S2. The minimum absolute atomic E-state index is 0.000750. The van der Waals surface area contributed by atoms with E-state index in [1.807, 2.05) is 35.7 Å². The summed E-state index contributed by atoms with van der Waals surface area (Å²) in [7, 11) is 0. The van der Waals surface area contributed by atoms with E-state index in [0.717, 1.165) is 11.3 Å². The van der Waals surface area contributed by atoms with Crippen LogP contribution in [0.1, 0.15) is 5.69 Å². The topological polar surface area (TPSA) is 71.7 Å². The van der Waals surface area contributed by atoms with Gasteiger partial charge in [-0.1, -0.05) is 30.3 Å². The van der Waals surface area contributed by atoms with Crippen LogP contribution in [-0.4, -0.2) is 26.2 Å². The van der Waals surface area contributed by atoms with Gasteiger partial charge in [-0.15, -0.1) is 23.1 Å². The molecule has 0 bridgehead atoms. The molecule has 2 heterocycles. The largest absolute Gasteiger partial charge is 0.481 e. The summed E-state index contributed by atoms with van der Waals surface area (Å²) in [5.41, 5.74) is 2.25. The van der Waals surface area contributed by atoms with Gasteiger partial charge in [-0.05, 0) is 5.56 Å². The molecule has 3 rings (SSSR count). The fourth-order valence-corrected chi connectivity index (χ4v) is 3.65. The molecule has 2 aromatic heterocycles. The van der Waals surface area contributed by atoms with Crippen molar-refractivity contribution in [2.45, 2.75) is 5.75 Å². The van der Waals surface area contributed by atoms with Gasteiger partial charge in [-0.3, -0.25) is 14.0 Å². The predicted octanol–water partition coefficient (Wildman–Crippen LogP) is 2.74. The van der Waals surface area contributed by atoms with Crippen LogP contribution in [0.4, 0.5) is 0 Å². The number of thioether (sulfide) groups is 1. The van der Waals surface area contributed by atoms with Crippen LogP contribution in [0.25, 0.3) is 16.2 Å². The van der Waals surface area contributed by atoms with E-state index in [-0.39, 0.29) is 11.3 Å². The van der Waals surface area contributed by atoms with E-state index >= 15 is 0 Å². The van der Waals surface area contributed by atoms with E-state index < -0.39 is 5.97 Å². The quantitative estimate of drug-likeness (QED) is 0.778. The lowest BCUT2D eigenvalue weighted by Crippen LogP contribution is -2.14. The van der Waals surface area contributed by atoms with Crippen molar-refractivity contribution in [3.05, 3.63) is 57.8 Å². The molecule has 0 saturated carbocycles. The minimum Gasteiger partial charge on any atom is -0.481 e. The molecule has 0 aliphatic rings. The maximum Gasteiger partial charge on any atom is 0.313 e. The first-order valence-electron chi connectivity index (χ1n) is 6.50. The number of fused-ring (bicyclic) bond motifs is 1. The van der Waals surface area contributed by atoms with Gasteiger partial charge < -0.3 is 5.11 Å². The number of carbonyl (C=O) groups is 1. The van der Waals surface area contributed by atoms with Crippen LogP contribution >= 0.6 is 23.1 Å². The van der Waals surface area contributed by atoms with Crippen molar-refractivity contribution >= 4 is 34.0 Å². The highest BCUT2D eigenvalue weighted by molar-refractivity contribution is 7.99. The van der Waals surface area contributed by atoms with Crippen molar-refractivity contribution in [3.8, 4) is 11.3 Å². The summed E-state index contributed by atoms with van der Waals surface area (Å²) in [5, 5.41) is 10.6. The van der Waals surface area contributed by atoms with Crippen molar-refractivity contribution in [2.24, 2.45) is 0 Å². The maximum atomic E-state index is 12.4. The molecule has 0 radical (unpaired) electrons. The number of aromatic nitrogens is 2. The van der Waals surface area contributed by atoms with Crippen molar-refractivity contribution < 1.29 is 9.90 Å². The van der Waals surface area contributed by atoms with Crippen LogP contribution in [-0.2, 0) is 10.5 Å². The number of aliphatic carboxylic acids is 1. The Morgan fingerprint density at radius 3 is 2.82 bits per heavy atom. The number of nitrogens with zero attached hydrogens (tertiary/aromatic N) is 2. The molecule has 0 amide bonds. The molecule has 22 heavy (non-hydrogen) atoms. The summed E-state index contributed by atoms with van der Waals surface area (Å²) in [4.78, 5) is 27.9. The first-order chi connectivity index (χ1) is 10.6. The Morgan fingerprint density at radius 2 is 2.09 bits per heavy atom. The summed E-state index contributed by atoms with van der Waals surface area (Å²) in [6.45, 7) is 0. The fourth-order valence-electron chi connectivity index (χ4n) is 2.09. The maximum absolute atomic E-state index is 12.4. The predicted molar refractivity (Wildman–Crippen MR) is 88.6 cm³/mol. The molecule has 0 unspecified atom stereocenters. The highest BCUT2D eigenvalue weighted by Gasteiger charge is 2.11. The van der Waals surface area contributed by atoms with Gasteiger partial charge in [-0.2, -0.15) is 0 Å². The van der Waals surface area contributed by atoms with Crippen molar-refractivity contribution in [2.75, 3.05) is 5.75 Å². The zero-order chi connectivity index (χ0) is 15.5. The molecule has 0 saturated heterocycles. The molecule has 1 N–H and O–H groups in total. The number of carboxylic acids is 1. The van der Waals surface area contributed by atoms with Crippen LogP contribution in [0.15, 0.2) is 46.6 Å². The highest BCUT2D eigenvalue weighted by atomic mass is 32.2. The van der Waals surface area contributed by atoms with Gasteiger partial charge in [0, 0.05) is 17.2 Å². The van der Waals surface area contributed by atoms with Gasteiger partial charge in [0.15, 0.2) is 4.96 Å². The minimum atomic E-state index is -0.870. The lowest BCUT2D eigenvalue weighted by molar-refractivity contribution is -0.133. The van der Waals surface area contributed by atoms with Gasteiger partial charge in [0.05, 0.1) is 17.1 Å². The molecule has 5 nitrogen and oxygen atoms in total. The van der Waals surface area contributed by atoms with Crippen LogP contribution < -0.4 is 5.56 Å². The van der Waals surface area contributed by atoms with Gasteiger partial charge in [0.1, 0.15) is 0 Å². The molecule has 112 valence electrons. The molecule has 0 aliphatic carbocycles. The van der Waals surface area contributed by atoms with Crippen LogP contribution in [0.3, 0.4) is 0 Å². The summed E-state index contributed by atoms with van der Waals surface area (Å²) >= 11 is 2.63. The summed E-state index contributed by atoms with van der Waals surface area (Å²) in [5.74, 6) is -0.456. The molecule has 0 spiro atoms. The Kier molecular flexibility index (Phi) is 4.26. The third-order valence-electron chi connectivity index (χ3n) is 3.00. The van der Waals surface area contributed by atoms with Crippen LogP contribution in [0.5, 0.6) is 0 Å². The first-order valence-corrected chi connectivity index (χ1v) is 8.54. The van der Waals surface area contributed by atoms with E-state index in [1.54, 1.807) is 4.40 Å².